The molecule has 104 valence electrons. The highest BCUT2D eigenvalue weighted by molar-refractivity contribution is 5.75. The predicted octanol–water partition coefficient (Wildman–Crippen LogP) is 0.960. The van der Waals surface area contributed by atoms with E-state index in [2.05, 4.69) is 9.72 Å². The number of aromatic nitrogens is 1. The minimum atomic E-state index is -0.605. The van der Waals surface area contributed by atoms with E-state index < -0.39 is 10.9 Å². The molecule has 0 spiro atoms. The molecule has 0 bridgehead atoms. The molecule has 19 heavy (non-hydrogen) atoms. The van der Waals surface area contributed by atoms with Crippen molar-refractivity contribution in [1.29, 1.82) is 0 Å². The van der Waals surface area contributed by atoms with Crippen LogP contribution in [0.2, 0.25) is 0 Å². The first-order chi connectivity index (χ1) is 8.86. The Labute approximate surface area is 110 Å². The van der Waals surface area contributed by atoms with Crippen molar-refractivity contribution in [3.05, 3.63) is 22.2 Å². The summed E-state index contributed by atoms with van der Waals surface area (Å²) in [6.07, 6.45) is 0. The van der Waals surface area contributed by atoms with Crippen LogP contribution in [0, 0.1) is 10.1 Å². The van der Waals surface area contributed by atoms with Crippen LogP contribution in [0.25, 0.3) is 0 Å². The van der Waals surface area contributed by atoms with E-state index in [0.29, 0.717) is 5.82 Å². The summed E-state index contributed by atoms with van der Waals surface area (Å²) in [4.78, 5) is 27.0. The van der Waals surface area contributed by atoms with Crippen molar-refractivity contribution in [3.8, 4) is 0 Å². The Morgan fingerprint density at radius 1 is 1.58 bits per heavy atom. The minimum Gasteiger partial charge on any atom is -0.468 e. The molecule has 1 heterocycles. The quantitative estimate of drug-likeness (QED) is 0.480. The van der Waals surface area contributed by atoms with Crippen LogP contribution in [0.15, 0.2) is 12.1 Å². The smallest absolute Gasteiger partial charge is 0.325 e. The second-order valence-electron chi connectivity index (χ2n) is 4.13. The van der Waals surface area contributed by atoms with Crippen molar-refractivity contribution in [2.24, 2.45) is 0 Å². The van der Waals surface area contributed by atoms with E-state index in [0.717, 1.165) is 0 Å². The maximum absolute atomic E-state index is 11.3. The molecule has 1 aromatic heterocycles. The first-order valence-corrected chi connectivity index (χ1v) is 5.61. The van der Waals surface area contributed by atoms with Crippen LogP contribution in [0.3, 0.4) is 0 Å². The fraction of sp³-hybridized carbons (Fsp3) is 0.455. The fourth-order valence-corrected chi connectivity index (χ4v) is 1.50. The van der Waals surface area contributed by atoms with Gasteiger partial charge in [-0.3, -0.25) is 14.9 Å². The number of carbonyl (C=O) groups excluding carboxylic acids is 1. The zero-order valence-electron chi connectivity index (χ0n) is 11.0. The molecule has 1 rings (SSSR count). The van der Waals surface area contributed by atoms with Gasteiger partial charge >= 0.3 is 11.7 Å². The first kappa shape index (κ1) is 14.7. The summed E-state index contributed by atoms with van der Waals surface area (Å²) in [7, 11) is 1.29. The SMILES string of the molecule is COC(=O)CN(c1ccc([N+](=O)[O-])c(N)n1)C(C)C. The lowest BCUT2D eigenvalue weighted by Crippen LogP contribution is -2.37. The number of esters is 1. The Kier molecular flexibility index (Phi) is 4.62. The van der Waals surface area contributed by atoms with Crippen LogP contribution < -0.4 is 10.6 Å². The number of nitrogen functional groups attached to an aromatic ring is 1. The number of anilines is 2. The number of nitrogens with zero attached hydrogens (tertiary/aromatic N) is 3. The van der Waals surface area contributed by atoms with Gasteiger partial charge in [-0.15, -0.1) is 0 Å². The Morgan fingerprint density at radius 3 is 2.63 bits per heavy atom. The highest BCUT2D eigenvalue weighted by Gasteiger charge is 2.20. The minimum absolute atomic E-state index is 0.00157. The van der Waals surface area contributed by atoms with Crippen LogP contribution >= 0.6 is 0 Å². The Bertz CT molecular complexity index is 490. The second-order valence-corrected chi connectivity index (χ2v) is 4.13. The van der Waals surface area contributed by atoms with Gasteiger partial charge in [-0.25, -0.2) is 4.98 Å². The highest BCUT2D eigenvalue weighted by Crippen LogP contribution is 2.23. The normalized spacial score (nSPS) is 10.3. The molecule has 0 aliphatic heterocycles. The molecular weight excluding hydrogens is 252 g/mol. The van der Waals surface area contributed by atoms with Gasteiger partial charge in [-0.05, 0) is 19.9 Å². The molecule has 0 atom stereocenters. The molecule has 0 radical (unpaired) electrons. The van der Waals surface area contributed by atoms with Gasteiger partial charge in [-0.1, -0.05) is 0 Å². The lowest BCUT2D eigenvalue weighted by atomic mass is 10.3. The number of carbonyl (C=O) groups is 1. The number of nitrogens with two attached hydrogens (primary N) is 1. The largest absolute Gasteiger partial charge is 0.468 e. The van der Waals surface area contributed by atoms with Crippen molar-refractivity contribution in [2.75, 3.05) is 24.3 Å². The van der Waals surface area contributed by atoms with E-state index in [1.54, 1.807) is 4.90 Å². The maximum Gasteiger partial charge on any atom is 0.325 e. The number of methoxy groups -OCH3 is 1. The summed E-state index contributed by atoms with van der Waals surface area (Å²) in [6.45, 7) is 3.73. The zero-order valence-corrected chi connectivity index (χ0v) is 11.0. The summed E-state index contributed by atoms with van der Waals surface area (Å²) >= 11 is 0. The third-order valence-electron chi connectivity index (χ3n) is 2.53. The van der Waals surface area contributed by atoms with E-state index in [1.807, 2.05) is 13.8 Å². The van der Waals surface area contributed by atoms with E-state index >= 15 is 0 Å². The predicted molar refractivity (Wildman–Crippen MR) is 69.8 cm³/mol. The van der Waals surface area contributed by atoms with Gasteiger partial charge < -0.3 is 15.4 Å². The summed E-state index contributed by atoms with van der Waals surface area (Å²) in [5.74, 6) is -0.214. The van der Waals surface area contributed by atoms with Crippen molar-refractivity contribution < 1.29 is 14.5 Å². The van der Waals surface area contributed by atoms with Crippen LogP contribution in [-0.2, 0) is 9.53 Å². The topological polar surface area (TPSA) is 112 Å². The number of pyridine rings is 1. The molecule has 8 heteroatoms. The maximum atomic E-state index is 11.3. The Balaban J connectivity index is 3.07. The summed E-state index contributed by atoms with van der Waals surface area (Å²) < 4.78 is 4.60. The number of hydrogen-bond acceptors (Lipinski definition) is 7. The van der Waals surface area contributed by atoms with Gasteiger partial charge in [0.25, 0.3) is 0 Å². The molecule has 0 aliphatic rings. The molecule has 0 saturated heterocycles. The van der Waals surface area contributed by atoms with Gasteiger partial charge in [0.15, 0.2) is 0 Å². The number of hydrogen-bond donors (Lipinski definition) is 1. The summed E-state index contributed by atoms with van der Waals surface area (Å²) in [5.41, 5.74) is 5.27. The lowest BCUT2D eigenvalue weighted by Gasteiger charge is -2.26. The van der Waals surface area contributed by atoms with Crippen LogP contribution in [0.4, 0.5) is 17.3 Å². The van der Waals surface area contributed by atoms with Crippen molar-refractivity contribution in [3.63, 3.8) is 0 Å². The molecule has 0 saturated carbocycles. The van der Waals surface area contributed by atoms with Crippen LogP contribution in [-0.4, -0.2) is 35.6 Å². The van der Waals surface area contributed by atoms with Gasteiger partial charge in [0.1, 0.15) is 12.4 Å². The molecule has 0 aromatic carbocycles. The molecule has 0 unspecified atom stereocenters. The molecule has 0 aliphatic carbocycles. The van der Waals surface area contributed by atoms with Gasteiger partial charge in [0.05, 0.1) is 12.0 Å². The monoisotopic (exact) mass is 268 g/mol. The van der Waals surface area contributed by atoms with E-state index in [-0.39, 0.29) is 24.1 Å². The standard InChI is InChI=1S/C11H16N4O4/c1-7(2)14(6-10(16)19-3)9-5-4-8(15(17)18)11(12)13-9/h4-5,7H,6H2,1-3H3,(H2,12,13). The first-order valence-electron chi connectivity index (χ1n) is 5.61. The third kappa shape index (κ3) is 3.54. The average Bonchev–Trinajstić information content (AvgIpc) is 2.34. The number of ether oxygens (including phenoxy) is 1. The summed E-state index contributed by atoms with van der Waals surface area (Å²) in [5, 5.41) is 10.7. The van der Waals surface area contributed by atoms with Crippen molar-refractivity contribution >= 4 is 23.3 Å². The van der Waals surface area contributed by atoms with Crippen LogP contribution in [0.5, 0.6) is 0 Å². The average molecular weight is 268 g/mol. The molecule has 0 fully saturated rings. The van der Waals surface area contributed by atoms with Gasteiger partial charge in [0.2, 0.25) is 5.82 Å². The lowest BCUT2D eigenvalue weighted by molar-refractivity contribution is -0.384. The molecule has 0 amide bonds. The van der Waals surface area contributed by atoms with Crippen molar-refractivity contribution in [1.82, 2.24) is 4.98 Å². The summed E-state index contributed by atoms with van der Waals surface area (Å²) in [6, 6.07) is 2.69. The fourth-order valence-electron chi connectivity index (χ4n) is 1.50. The van der Waals surface area contributed by atoms with Gasteiger partial charge in [-0.2, -0.15) is 0 Å². The number of nitro groups is 1. The molecular formula is C11H16N4O4. The second kappa shape index (κ2) is 5.98. The van der Waals surface area contributed by atoms with E-state index in [1.165, 1.54) is 19.2 Å². The Hall–Kier alpha value is -2.38. The Morgan fingerprint density at radius 2 is 2.21 bits per heavy atom. The highest BCUT2D eigenvalue weighted by atomic mass is 16.6. The van der Waals surface area contributed by atoms with E-state index in [9.17, 15) is 14.9 Å². The van der Waals surface area contributed by atoms with Crippen LogP contribution in [0.1, 0.15) is 13.8 Å². The zero-order chi connectivity index (χ0) is 14.6. The third-order valence-corrected chi connectivity index (χ3v) is 2.53. The molecule has 8 nitrogen and oxygen atoms in total. The molecule has 2 N–H and O–H groups in total. The van der Waals surface area contributed by atoms with Gasteiger partial charge in [0, 0.05) is 12.1 Å². The number of rotatable bonds is 5. The molecule has 1 aromatic rings. The van der Waals surface area contributed by atoms with Crippen molar-refractivity contribution in [2.45, 2.75) is 19.9 Å². The van der Waals surface area contributed by atoms with E-state index in [4.69, 9.17) is 5.73 Å².